The Morgan fingerprint density at radius 2 is 1.00 bits per heavy atom. The Hall–Kier alpha value is 0.783. The summed E-state index contributed by atoms with van der Waals surface area (Å²) < 4.78 is 14.8. The second-order valence-electron chi connectivity index (χ2n) is 1.47. The van der Waals surface area contributed by atoms with Crippen molar-refractivity contribution in [2.45, 2.75) is 6.55 Å². The Morgan fingerprint density at radius 1 is 0.818 bits per heavy atom. The quantitative estimate of drug-likeness (QED) is 0.579. The van der Waals surface area contributed by atoms with Crippen LogP contribution in [-0.2, 0) is 13.3 Å². The maximum Gasteiger partial charge on any atom is 2.00 e. The molecule has 0 spiro atoms. The van der Waals surface area contributed by atoms with Crippen LogP contribution < -0.4 is 0 Å². The van der Waals surface area contributed by atoms with Crippen LogP contribution >= 0.6 is 0 Å². The molecule has 0 saturated heterocycles. The SMILES string of the molecule is CO[Si](C)(OC)OC.[Mg+2].[OH-].[OH-]. The van der Waals surface area contributed by atoms with Crippen LogP contribution in [-0.4, -0.2) is 64.1 Å². The molecule has 2 N–H and O–H groups in total. The molecule has 0 radical (unpaired) electrons. The second kappa shape index (κ2) is 10.8. The van der Waals surface area contributed by atoms with Gasteiger partial charge in [-0.25, -0.2) is 0 Å². The van der Waals surface area contributed by atoms with E-state index in [1.807, 2.05) is 6.55 Å². The average molecular weight is 195 g/mol. The number of hydrogen-bond donors (Lipinski definition) is 0. The van der Waals surface area contributed by atoms with Crippen LogP contribution in [0.3, 0.4) is 0 Å². The summed E-state index contributed by atoms with van der Waals surface area (Å²) in [6.45, 7) is 1.83. The first-order valence-electron chi connectivity index (χ1n) is 2.34. The van der Waals surface area contributed by atoms with Crippen LogP contribution in [0.2, 0.25) is 6.55 Å². The van der Waals surface area contributed by atoms with E-state index >= 15 is 0 Å². The molecule has 0 aliphatic carbocycles. The third-order valence-corrected chi connectivity index (χ3v) is 3.34. The number of hydrogen-bond acceptors (Lipinski definition) is 5. The van der Waals surface area contributed by atoms with Gasteiger partial charge in [-0.05, 0) is 0 Å². The Bertz CT molecular complexity index is 61.2. The summed E-state index contributed by atoms with van der Waals surface area (Å²) in [4.78, 5) is 0. The maximum atomic E-state index is 4.93. The molecule has 0 bridgehead atoms. The van der Waals surface area contributed by atoms with Crippen LogP contribution in [0.15, 0.2) is 0 Å². The van der Waals surface area contributed by atoms with E-state index in [1.165, 1.54) is 0 Å². The van der Waals surface area contributed by atoms with Gasteiger partial charge in [0.25, 0.3) is 0 Å². The molecule has 0 aliphatic heterocycles. The van der Waals surface area contributed by atoms with Gasteiger partial charge in [-0.15, -0.1) is 0 Å². The predicted octanol–water partition coefficient (Wildman–Crippen LogP) is -0.240. The minimum Gasteiger partial charge on any atom is -0.870 e. The molecule has 5 nitrogen and oxygen atoms in total. The largest absolute Gasteiger partial charge is 2.00 e. The second-order valence-corrected chi connectivity index (χ2v) is 4.42. The van der Waals surface area contributed by atoms with Crippen LogP contribution in [0.5, 0.6) is 0 Å². The van der Waals surface area contributed by atoms with Crippen molar-refractivity contribution in [1.29, 1.82) is 0 Å². The van der Waals surface area contributed by atoms with Gasteiger partial charge in [0.2, 0.25) is 0 Å². The average Bonchev–Trinajstić information content (AvgIpc) is 1.87. The predicted molar refractivity (Wildman–Crippen MR) is 42.3 cm³/mol. The van der Waals surface area contributed by atoms with Gasteiger partial charge in [-0.2, -0.15) is 0 Å². The summed E-state index contributed by atoms with van der Waals surface area (Å²) in [5.74, 6) is 0. The zero-order valence-electron chi connectivity index (χ0n) is 7.33. The van der Waals surface area contributed by atoms with Crippen molar-refractivity contribution in [3.05, 3.63) is 0 Å². The van der Waals surface area contributed by atoms with Crippen molar-refractivity contribution >= 4 is 31.9 Å². The van der Waals surface area contributed by atoms with E-state index in [9.17, 15) is 0 Å². The van der Waals surface area contributed by atoms with Gasteiger partial charge in [0.1, 0.15) is 0 Å². The normalized spacial score (nSPS) is 8.73. The molecular formula is C4H14MgO5Si. The molecule has 0 unspecified atom stereocenters. The monoisotopic (exact) mass is 194 g/mol. The van der Waals surface area contributed by atoms with Gasteiger partial charge in [0.15, 0.2) is 0 Å². The molecule has 0 fully saturated rings. The van der Waals surface area contributed by atoms with Crippen molar-refractivity contribution in [1.82, 2.24) is 0 Å². The molecule has 0 amide bonds. The van der Waals surface area contributed by atoms with Crippen LogP contribution in [0.1, 0.15) is 0 Å². The van der Waals surface area contributed by atoms with Crippen molar-refractivity contribution in [2.24, 2.45) is 0 Å². The third kappa shape index (κ3) is 8.69. The summed E-state index contributed by atoms with van der Waals surface area (Å²) in [5, 5.41) is 0. The van der Waals surface area contributed by atoms with Gasteiger partial charge in [-0.3, -0.25) is 0 Å². The molecule has 0 aromatic rings. The van der Waals surface area contributed by atoms with Crippen molar-refractivity contribution in [3.8, 4) is 0 Å². The van der Waals surface area contributed by atoms with E-state index in [4.69, 9.17) is 13.3 Å². The summed E-state index contributed by atoms with van der Waals surface area (Å²) in [6, 6.07) is 0. The van der Waals surface area contributed by atoms with Crippen molar-refractivity contribution in [3.63, 3.8) is 0 Å². The number of rotatable bonds is 3. The van der Waals surface area contributed by atoms with E-state index in [-0.39, 0.29) is 34.0 Å². The summed E-state index contributed by atoms with van der Waals surface area (Å²) in [5.41, 5.74) is 0. The third-order valence-electron chi connectivity index (χ3n) is 1.11. The first-order valence-corrected chi connectivity index (χ1v) is 4.56. The Balaban J connectivity index is -0.0000000817. The maximum absolute atomic E-state index is 4.93. The van der Waals surface area contributed by atoms with Crippen LogP contribution in [0.25, 0.3) is 0 Å². The molecule has 0 aliphatic rings. The fraction of sp³-hybridized carbons (Fsp3) is 1.00. The minimum absolute atomic E-state index is 0. The van der Waals surface area contributed by atoms with Gasteiger partial charge in [0.05, 0.1) is 0 Å². The van der Waals surface area contributed by atoms with Crippen LogP contribution in [0.4, 0.5) is 0 Å². The Kier molecular flexibility index (Phi) is 22.2. The first-order chi connectivity index (χ1) is 3.68. The van der Waals surface area contributed by atoms with Crippen molar-refractivity contribution < 1.29 is 24.2 Å². The summed E-state index contributed by atoms with van der Waals surface area (Å²) in [7, 11) is 2.58. The van der Waals surface area contributed by atoms with E-state index in [2.05, 4.69) is 0 Å². The van der Waals surface area contributed by atoms with E-state index in [0.29, 0.717) is 0 Å². The smallest absolute Gasteiger partial charge is 0.870 e. The van der Waals surface area contributed by atoms with E-state index in [1.54, 1.807) is 21.3 Å². The van der Waals surface area contributed by atoms with E-state index < -0.39 is 8.80 Å². The van der Waals surface area contributed by atoms with Gasteiger partial charge >= 0.3 is 31.9 Å². The molecular weight excluding hydrogens is 180 g/mol. The molecule has 11 heavy (non-hydrogen) atoms. The molecule has 0 saturated carbocycles. The molecule has 0 aromatic carbocycles. The van der Waals surface area contributed by atoms with Crippen LogP contribution in [0, 0.1) is 0 Å². The summed E-state index contributed by atoms with van der Waals surface area (Å²) in [6.07, 6.45) is 0. The molecule has 0 heterocycles. The standard InChI is InChI=1S/C4H12O3Si.Mg.2H2O/c1-5-8(4,6-2)7-3;;;/h1-4H3;;2*1H2/q;+2;;/p-2. The van der Waals surface area contributed by atoms with Gasteiger partial charge in [0, 0.05) is 27.9 Å². The topological polar surface area (TPSA) is 87.7 Å². The Morgan fingerprint density at radius 3 is 1.00 bits per heavy atom. The zero-order valence-corrected chi connectivity index (χ0v) is 9.74. The minimum atomic E-state index is -2.17. The zero-order chi connectivity index (χ0) is 6.62. The van der Waals surface area contributed by atoms with Gasteiger partial charge in [-0.1, -0.05) is 0 Å². The van der Waals surface area contributed by atoms with Gasteiger partial charge < -0.3 is 24.2 Å². The molecule has 0 aromatic heterocycles. The van der Waals surface area contributed by atoms with Crippen molar-refractivity contribution in [2.75, 3.05) is 21.3 Å². The molecule has 66 valence electrons. The molecule has 0 rings (SSSR count). The summed E-state index contributed by atoms with van der Waals surface area (Å²) >= 11 is 0. The first kappa shape index (κ1) is 22.6. The Labute approximate surface area is 84.2 Å². The fourth-order valence-corrected chi connectivity index (χ4v) is 0.750. The fourth-order valence-electron chi connectivity index (χ4n) is 0.250. The molecule has 7 heteroatoms. The molecule has 0 atom stereocenters. The van der Waals surface area contributed by atoms with E-state index in [0.717, 1.165) is 0 Å².